The number of hydrogen-bond acceptors (Lipinski definition) is 11. The number of benzene rings is 1. The van der Waals surface area contributed by atoms with Gasteiger partial charge in [0, 0.05) is 67.4 Å². The van der Waals surface area contributed by atoms with Gasteiger partial charge in [0.15, 0.2) is 16.8 Å². The molecular weight excluding hydrogens is 738 g/mol. The predicted octanol–water partition coefficient (Wildman–Crippen LogP) is 2.48. The van der Waals surface area contributed by atoms with Gasteiger partial charge in [0.1, 0.15) is 53.7 Å². The third kappa shape index (κ3) is 6.54. The summed E-state index contributed by atoms with van der Waals surface area (Å²) in [6, 6.07) is 8.70. The molecule has 2 aliphatic heterocycles. The van der Waals surface area contributed by atoms with Crippen LogP contribution in [0.5, 0.6) is 5.75 Å². The van der Waals surface area contributed by atoms with E-state index >= 15 is 0 Å². The monoisotopic (exact) mass is 785 g/mol. The summed E-state index contributed by atoms with van der Waals surface area (Å²) < 4.78 is 17.0. The molecule has 16 heteroatoms. The van der Waals surface area contributed by atoms with Crippen LogP contribution >= 0.6 is 0 Å². The molecule has 8 atom stereocenters. The van der Waals surface area contributed by atoms with Crippen molar-refractivity contribution in [2.75, 3.05) is 19.8 Å². The number of carbonyl (C=O) groups excluding carboxylic acids is 1. The smallest absolute Gasteiger partial charge is 0.220 e. The molecule has 1 saturated heterocycles. The molecule has 57 heavy (non-hydrogen) atoms. The van der Waals surface area contributed by atoms with Gasteiger partial charge in [0.05, 0.1) is 35.1 Å². The van der Waals surface area contributed by atoms with Crippen molar-refractivity contribution in [1.29, 1.82) is 0 Å². The number of amides is 1. The van der Waals surface area contributed by atoms with Crippen LogP contribution in [0.3, 0.4) is 0 Å². The molecule has 0 radical (unpaired) electrons. The van der Waals surface area contributed by atoms with Crippen LogP contribution in [0.2, 0.25) is 0 Å². The molecule has 0 bridgehead atoms. The molecule has 7 heterocycles. The van der Waals surface area contributed by atoms with Crippen molar-refractivity contribution in [1.82, 2.24) is 24.4 Å². The normalized spacial score (nSPS) is 25.1. The minimum Gasteiger partial charge on any atom is -0.482 e. The largest absolute Gasteiger partial charge is 0.482 e. The number of aromatic nitrogens is 4. The number of aliphatic hydroxyl groups excluding tert-OH is 4. The third-order valence-corrected chi connectivity index (χ3v) is 12.5. The number of ether oxygens (including phenoxy) is 1. The van der Waals surface area contributed by atoms with E-state index in [1.54, 1.807) is 42.1 Å². The van der Waals surface area contributed by atoms with Gasteiger partial charge in [0.2, 0.25) is 5.91 Å². The lowest BCUT2D eigenvalue weighted by Gasteiger charge is -2.49. The van der Waals surface area contributed by atoms with Gasteiger partial charge in [-0.05, 0) is 68.7 Å². The fraction of sp³-hybridized carbons (Fsp3) is 0.463. The van der Waals surface area contributed by atoms with Crippen molar-refractivity contribution in [2.45, 2.75) is 87.6 Å². The number of aromatic amines is 2. The average Bonchev–Trinajstić information content (AvgIpc) is 4.04. The van der Waals surface area contributed by atoms with Crippen molar-refractivity contribution in [3.8, 4) is 11.4 Å². The number of aryl methyl sites for hydroxylation is 1. The molecule has 1 amide bonds. The van der Waals surface area contributed by atoms with E-state index in [2.05, 4.69) is 15.3 Å². The second-order valence-corrected chi connectivity index (χ2v) is 16.1. The Labute approximate surface area is 325 Å². The Balaban J connectivity index is 1.07. The van der Waals surface area contributed by atoms with Crippen LogP contribution in [0.1, 0.15) is 43.4 Å². The van der Waals surface area contributed by atoms with Crippen molar-refractivity contribution in [2.24, 2.45) is 11.8 Å². The zero-order valence-corrected chi connectivity index (χ0v) is 31.4. The number of nitrogens with zero attached hydrogens (tertiary/aromatic N) is 2. The van der Waals surface area contributed by atoms with E-state index in [9.17, 15) is 35.1 Å². The van der Waals surface area contributed by atoms with Crippen molar-refractivity contribution in [3.05, 3.63) is 82.9 Å². The first-order chi connectivity index (χ1) is 27.5. The van der Waals surface area contributed by atoms with E-state index in [1.807, 2.05) is 29.2 Å². The summed E-state index contributed by atoms with van der Waals surface area (Å²) in [6.07, 6.45) is 6.16. The Bertz CT molecular complexity index is 2470. The molecule has 302 valence electrons. The van der Waals surface area contributed by atoms with Gasteiger partial charge in [0.25, 0.3) is 0 Å². The molecule has 2 fully saturated rings. The summed E-state index contributed by atoms with van der Waals surface area (Å²) in [7, 11) is 0. The molecule has 1 aromatic carbocycles. The van der Waals surface area contributed by atoms with Crippen LogP contribution in [0, 0.1) is 18.8 Å². The third-order valence-electron chi connectivity index (χ3n) is 12.5. The quantitative estimate of drug-likeness (QED) is 0.0664. The second kappa shape index (κ2) is 14.5. The summed E-state index contributed by atoms with van der Waals surface area (Å²) in [5, 5.41) is 58.9. The number of carbonyl (C=O) groups is 1. The minimum atomic E-state index is -2.40. The number of aliphatic hydroxyl groups is 5. The fourth-order valence-electron chi connectivity index (χ4n) is 9.41. The van der Waals surface area contributed by atoms with E-state index in [4.69, 9.17) is 18.9 Å². The molecular formula is C41H47N5O11. The van der Waals surface area contributed by atoms with E-state index in [0.717, 1.165) is 29.3 Å². The molecule has 5 aromatic heterocycles. The Morgan fingerprint density at radius 3 is 2.67 bits per heavy atom. The highest BCUT2D eigenvalue weighted by molar-refractivity contribution is 5.91. The summed E-state index contributed by atoms with van der Waals surface area (Å²) >= 11 is 0. The summed E-state index contributed by atoms with van der Waals surface area (Å²) in [6.45, 7) is 0.444. The fourth-order valence-corrected chi connectivity index (χ4v) is 9.41. The maximum atomic E-state index is 13.5. The maximum absolute atomic E-state index is 13.5. The van der Waals surface area contributed by atoms with Crippen LogP contribution in [-0.4, -0.2) is 106 Å². The SMILES string of the molecule is Cc1cc(=O)c2cc3c(c(-n4cc5cc[nH]c5c4)c2o1)OC1(CCCC(C2CNC(=O)C2)C1)C(OOCC(O)C(O)(Cn1ccc2[nH]ccc21)C(O)C(O)CO)C3. The van der Waals surface area contributed by atoms with E-state index in [0.29, 0.717) is 65.1 Å². The first-order valence-corrected chi connectivity index (χ1v) is 19.5. The summed E-state index contributed by atoms with van der Waals surface area (Å²) in [5.41, 5.74) is 0.350. The van der Waals surface area contributed by atoms with Gasteiger partial charge in [-0.2, -0.15) is 0 Å². The van der Waals surface area contributed by atoms with Crippen molar-refractivity contribution in [3.63, 3.8) is 0 Å². The van der Waals surface area contributed by atoms with Crippen LogP contribution < -0.4 is 15.5 Å². The molecule has 16 nitrogen and oxygen atoms in total. The highest BCUT2D eigenvalue weighted by Gasteiger charge is 2.53. The van der Waals surface area contributed by atoms with E-state index in [1.165, 1.54) is 6.07 Å². The van der Waals surface area contributed by atoms with E-state index in [-0.39, 0.29) is 36.1 Å². The van der Waals surface area contributed by atoms with Crippen molar-refractivity contribution < 1.29 is 49.3 Å². The van der Waals surface area contributed by atoms with Crippen LogP contribution in [0.15, 0.2) is 70.5 Å². The van der Waals surface area contributed by atoms with Gasteiger partial charge in [-0.1, -0.05) is 0 Å². The average molecular weight is 786 g/mol. The molecule has 8 unspecified atom stereocenters. The number of rotatable bonds is 12. The van der Waals surface area contributed by atoms with Gasteiger partial charge >= 0.3 is 0 Å². The molecule has 3 aliphatic rings. The Morgan fingerprint density at radius 2 is 1.88 bits per heavy atom. The van der Waals surface area contributed by atoms with Crippen molar-refractivity contribution >= 4 is 38.8 Å². The molecule has 1 saturated carbocycles. The highest BCUT2D eigenvalue weighted by Crippen LogP contribution is 2.50. The molecule has 9 rings (SSSR count). The van der Waals surface area contributed by atoms with Crippen LogP contribution in [0.25, 0.3) is 38.6 Å². The van der Waals surface area contributed by atoms with Gasteiger partial charge in [-0.3, -0.25) is 9.59 Å². The number of hydrogen-bond donors (Lipinski definition) is 8. The molecule has 8 N–H and O–H groups in total. The molecule has 1 aliphatic carbocycles. The lowest BCUT2D eigenvalue weighted by atomic mass is 9.68. The van der Waals surface area contributed by atoms with Crippen LogP contribution in [0.4, 0.5) is 0 Å². The van der Waals surface area contributed by atoms with E-state index < -0.39 is 48.8 Å². The topological polar surface area (TPSA) is 230 Å². The zero-order valence-electron chi connectivity index (χ0n) is 31.4. The minimum absolute atomic E-state index is 0.0141. The lowest BCUT2D eigenvalue weighted by Crippen LogP contribution is -2.61. The van der Waals surface area contributed by atoms with Gasteiger partial charge < -0.3 is 59.1 Å². The predicted molar refractivity (Wildman–Crippen MR) is 206 cm³/mol. The van der Waals surface area contributed by atoms with Gasteiger partial charge in [-0.15, -0.1) is 0 Å². The van der Waals surface area contributed by atoms with Crippen LogP contribution in [-0.2, 0) is 27.5 Å². The standard InChI is InChI=1S/C41H47N5O11/c1-22-11-31(48)27-12-25-13-34(57-54-20-33(50)41(53,39(52)32(49)19-47)21-45-10-6-28-30(45)5-9-42-28)40(7-2-3-23(15-40)26-14-35(51)44-16-26)56-37(25)36(38(27)55-22)46-17-24-4-8-43-29(24)18-46/h4-6,8-12,17-18,23,26,32-34,39,42-43,47,49-50,52-53H,2-3,7,13-16,19-21H2,1H3,(H,44,51). The Hall–Kier alpha value is -4.94. The number of fused-ring (bicyclic) bond motifs is 4. The Morgan fingerprint density at radius 1 is 1.05 bits per heavy atom. The summed E-state index contributed by atoms with van der Waals surface area (Å²) in [4.78, 5) is 44.2. The number of H-pyrrole nitrogens is 2. The molecule has 6 aromatic rings. The first-order valence-electron chi connectivity index (χ1n) is 19.5. The summed E-state index contributed by atoms with van der Waals surface area (Å²) in [5.74, 6) is 1.21. The molecule has 1 spiro atoms. The maximum Gasteiger partial charge on any atom is 0.220 e. The van der Waals surface area contributed by atoms with Gasteiger partial charge in [-0.25, -0.2) is 9.78 Å². The number of nitrogens with one attached hydrogen (secondary N) is 3. The Kier molecular flexibility index (Phi) is 9.55. The second-order valence-electron chi connectivity index (χ2n) is 16.1. The first kappa shape index (κ1) is 37.6. The highest BCUT2D eigenvalue weighted by atomic mass is 17.2. The lowest BCUT2D eigenvalue weighted by molar-refractivity contribution is -0.369. The zero-order chi connectivity index (χ0) is 39.6.